The highest BCUT2D eigenvalue weighted by molar-refractivity contribution is 5.67. The fourth-order valence-corrected chi connectivity index (χ4v) is 2.17. The molecule has 0 fully saturated rings. The van der Waals surface area contributed by atoms with E-state index < -0.39 is 11.7 Å². The fraction of sp³-hybridized carbons (Fsp3) is 0.562. The van der Waals surface area contributed by atoms with Crippen molar-refractivity contribution < 1.29 is 13.9 Å². The van der Waals surface area contributed by atoms with Crippen LogP contribution in [0.5, 0.6) is 0 Å². The van der Waals surface area contributed by atoms with Gasteiger partial charge in [0.05, 0.1) is 12.5 Å². The number of hydrogen-bond donors (Lipinski definition) is 1. The Morgan fingerprint density at radius 1 is 1.43 bits per heavy atom. The van der Waals surface area contributed by atoms with Gasteiger partial charge in [0.15, 0.2) is 0 Å². The molecule has 1 amide bonds. The van der Waals surface area contributed by atoms with Crippen molar-refractivity contribution in [3.05, 3.63) is 36.1 Å². The molecule has 7 nitrogen and oxygen atoms in total. The molecule has 0 aliphatic carbocycles. The Balaban J connectivity index is 1.93. The first-order valence-corrected chi connectivity index (χ1v) is 7.66. The molecule has 7 heteroatoms. The van der Waals surface area contributed by atoms with Crippen LogP contribution < -0.4 is 5.32 Å². The molecule has 2 aromatic heterocycles. The van der Waals surface area contributed by atoms with Crippen LogP contribution in [0.2, 0.25) is 0 Å². The van der Waals surface area contributed by atoms with Crippen LogP contribution in [0.25, 0.3) is 0 Å². The molecule has 0 aliphatic heterocycles. The van der Waals surface area contributed by atoms with E-state index >= 15 is 0 Å². The topological polar surface area (TPSA) is 82.2 Å². The van der Waals surface area contributed by atoms with Gasteiger partial charge >= 0.3 is 6.09 Å². The van der Waals surface area contributed by atoms with Gasteiger partial charge in [0.1, 0.15) is 17.4 Å². The third-order valence-corrected chi connectivity index (χ3v) is 3.21. The van der Waals surface area contributed by atoms with E-state index in [0.29, 0.717) is 18.9 Å². The number of aromatic nitrogens is 3. The molecular formula is C16H24N4O3. The number of nitrogens with one attached hydrogen (secondary N) is 1. The standard InChI is InChI=1S/C16H24N4O3/c1-11-8-19-14(22-11)12(2)20-10-17-9-13(20)6-7-18-15(21)23-16(3,4)5/h8-10,12H,6-7H2,1-5H3,(H,18,21). The monoisotopic (exact) mass is 320 g/mol. The van der Waals surface area contributed by atoms with Crippen LogP contribution in [-0.2, 0) is 11.2 Å². The molecule has 2 heterocycles. The van der Waals surface area contributed by atoms with E-state index in [-0.39, 0.29) is 6.04 Å². The van der Waals surface area contributed by atoms with E-state index in [1.807, 2.05) is 39.2 Å². The summed E-state index contributed by atoms with van der Waals surface area (Å²) in [5.74, 6) is 1.42. The lowest BCUT2D eigenvalue weighted by Crippen LogP contribution is -2.33. The van der Waals surface area contributed by atoms with Gasteiger partial charge in [0.2, 0.25) is 5.89 Å². The molecule has 126 valence electrons. The lowest BCUT2D eigenvalue weighted by molar-refractivity contribution is 0.0528. The third kappa shape index (κ3) is 4.84. The van der Waals surface area contributed by atoms with Gasteiger partial charge in [-0.1, -0.05) is 0 Å². The number of oxazole rings is 1. The van der Waals surface area contributed by atoms with Gasteiger partial charge in [0, 0.05) is 24.9 Å². The molecule has 0 aromatic carbocycles. The van der Waals surface area contributed by atoms with E-state index in [9.17, 15) is 4.79 Å². The molecular weight excluding hydrogens is 296 g/mol. The number of aryl methyl sites for hydroxylation is 1. The van der Waals surface area contributed by atoms with E-state index in [1.165, 1.54) is 0 Å². The van der Waals surface area contributed by atoms with Crippen LogP contribution >= 0.6 is 0 Å². The van der Waals surface area contributed by atoms with E-state index in [0.717, 1.165) is 11.5 Å². The summed E-state index contributed by atoms with van der Waals surface area (Å²) < 4.78 is 12.8. The number of nitrogens with zero attached hydrogens (tertiary/aromatic N) is 3. The Bertz CT molecular complexity index is 654. The summed E-state index contributed by atoms with van der Waals surface area (Å²) in [6, 6.07) is -0.0530. The minimum Gasteiger partial charge on any atom is -0.444 e. The maximum atomic E-state index is 11.6. The first kappa shape index (κ1) is 17.1. The highest BCUT2D eigenvalue weighted by Gasteiger charge is 2.18. The molecule has 0 bridgehead atoms. The number of carbonyl (C=O) groups is 1. The van der Waals surface area contributed by atoms with Crippen molar-refractivity contribution >= 4 is 6.09 Å². The number of amides is 1. The van der Waals surface area contributed by atoms with Crippen molar-refractivity contribution in [1.82, 2.24) is 19.9 Å². The summed E-state index contributed by atoms with van der Waals surface area (Å²) in [6.07, 6.45) is 5.45. The molecule has 1 N–H and O–H groups in total. The van der Waals surface area contributed by atoms with Gasteiger partial charge in [-0.2, -0.15) is 0 Å². The minimum atomic E-state index is -0.497. The minimum absolute atomic E-state index is 0.0530. The van der Waals surface area contributed by atoms with Crippen LogP contribution in [0.1, 0.15) is 51.1 Å². The summed E-state index contributed by atoms with van der Waals surface area (Å²) in [4.78, 5) is 20.1. The van der Waals surface area contributed by atoms with Gasteiger partial charge in [-0.05, 0) is 34.6 Å². The Morgan fingerprint density at radius 2 is 2.17 bits per heavy atom. The van der Waals surface area contributed by atoms with Crippen LogP contribution in [0, 0.1) is 6.92 Å². The van der Waals surface area contributed by atoms with E-state index in [2.05, 4.69) is 15.3 Å². The van der Waals surface area contributed by atoms with Crippen LogP contribution in [-0.4, -0.2) is 32.8 Å². The SMILES string of the molecule is Cc1cnc(C(C)n2cncc2CCNC(=O)OC(C)(C)C)o1. The summed E-state index contributed by atoms with van der Waals surface area (Å²) in [7, 11) is 0. The van der Waals surface area contributed by atoms with Gasteiger partial charge in [-0.25, -0.2) is 14.8 Å². The van der Waals surface area contributed by atoms with Crippen LogP contribution in [0.4, 0.5) is 4.79 Å². The Kier molecular flexibility index (Phi) is 5.08. The lowest BCUT2D eigenvalue weighted by Gasteiger charge is -2.20. The Morgan fingerprint density at radius 3 is 2.78 bits per heavy atom. The molecule has 2 rings (SSSR count). The number of alkyl carbamates (subject to hydrolysis) is 1. The van der Waals surface area contributed by atoms with Crippen molar-refractivity contribution in [3.63, 3.8) is 0 Å². The quantitative estimate of drug-likeness (QED) is 0.916. The summed E-state index contributed by atoms with van der Waals surface area (Å²) in [5, 5.41) is 2.75. The van der Waals surface area contributed by atoms with Gasteiger partial charge in [-0.15, -0.1) is 0 Å². The summed E-state index contributed by atoms with van der Waals surface area (Å²) in [5.41, 5.74) is 0.493. The Labute approximate surface area is 136 Å². The number of hydrogen-bond acceptors (Lipinski definition) is 5. The average Bonchev–Trinajstić information content (AvgIpc) is 3.05. The lowest BCUT2D eigenvalue weighted by atomic mass is 10.2. The van der Waals surface area contributed by atoms with Crippen molar-refractivity contribution in [3.8, 4) is 0 Å². The number of ether oxygens (including phenoxy) is 1. The second-order valence-corrected chi connectivity index (χ2v) is 6.46. The second-order valence-electron chi connectivity index (χ2n) is 6.46. The first-order valence-electron chi connectivity index (χ1n) is 7.66. The van der Waals surface area contributed by atoms with Gasteiger partial charge in [0.25, 0.3) is 0 Å². The molecule has 0 saturated carbocycles. The van der Waals surface area contributed by atoms with Gasteiger partial charge < -0.3 is 19.0 Å². The number of carbonyl (C=O) groups excluding carboxylic acids is 1. The van der Waals surface area contributed by atoms with Crippen LogP contribution in [0.15, 0.2) is 23.1 Å². The maximum absolute atomic E-state index is 11.6. The highest BCUT2D eigenvalue weighted by atomic mass is 16.6. The van der Waals surface area contributed by atoms with E-state index in [1.54, 1.807) is 18.7 Å². The molecule has 0 saturated heterocycles. The molecule has 0 spiro atoms. The zero-order valence-corrected chi connectivity index (χ0v) is 14.3. The predicted octanol–water partition coefficient (Wildman–Crippen LogP) is 2.86. The number of rotatable bonds is 5. The zero-order chi connectivity index (χ0) is 17.0. The molecule has 1 atom stereocenters. The maximum Gasteiger partial charge on any atom is 0.407 e. The van der Waals surface area contributed by atoms with Crippen molar-refractivity contribution in [2.24, 2.45) is 0 Å². The molecule has 1 unspecified atom stereocenters. The van der Waals surface area contributed by atoms with Crippen molar-refractivity contribution in [2.75, 3.05) is 6.54 Å². The molecule has 0 radical (unpaired) electrons. The molecule has 2 aromatic rings. The molecule has 0 aliphatic rings. The highest BCUT2D eigenvalue weighted by Crippen LogP contribution is 2.19. The summed E-state index contributed by atoms with van der Waals surface area (Å²) >= 11 is 0. The Hall–Kier alpha value is -2.31. The fourth-order valence-electron chi connectivity index (χ4n) is 2.17. The largest absolute Gasteiger partial charge is 0.444 e. The predicted molar refractivity (Wildman–Crippen MR) is 85.2 cm³/mol. The average molecular weight is 320 g/mol. The molecule has 23 heavy (non-hydrogen) atoms. The van der Waals surface area contributed by atoms with Crippen LogP contribution in [0.3, 0.4) is 0 Å². The van der Waals surface area contributed by atoms with Crippen molar-refractivity contribution in [1.29, 1.82) is 0 Å². The normalized spacial score (nSPS) is 12.9. The van der Waals surface area contributed by atoms with E-state index in [4.69, 9.17) is 9.15 Å². The number of imidazole rings is 1. The third-order valence-electron chi connectivity index (χ3n) is 3.21. The zero-order valence-electron chi connectivity index (χ0n) is 14.3. The first-order chi connectivity index (χ1) is 10.8. The second kappa shape index (κ2) is 6.85. The van der Waals surface area contributed by atoms with Gasteiger partial charge in [-0.3, -0.25) is 0 Å². The van der Waals surface area contributed by atoms with Crippen molar-refractivity contribution in [2.45, 2.75) is 52.7 Å². The smallest absolute Gasteiger partial charge is 0.407 e. The summed E-state index contributed by atoms with van der Waals surface area (Å²) in [6.45, 7) is 9.84.